The highest BCUT2D eigenvalue weighted by atomic mass is 19.4. The molecule has 71 heavy (non-hydrogen) atoms. The number of terminal acetylenes is 1. The van der Waals surface area contributed by atoms with Gasteiger partial charge in [-0.2, -0.15) is 17.8 Å². The number of rotatable bonds is 2. The topological polar surface area (TPSA) is 186 Å². The number of carboxylic acids is 1. The lowest BCUT2D eigenvalue weighted by Gasteiger charge is -2.66. The smallest absolute Gasteiger partial charge is 0.430 e. The SMILES string of the molecule is C.C.C#CC#CC#CC#CC#CC#CC.CC(C)CN1CC[C@]23c4c5ccc(O)c4O[C@H]2C(=O)CC[C@@]3(O)[C@H]1C5.O=C([O-])C(F)(F)F.O=C1CC[C@]23OCC[N+]4(O)CC[C@@]25c2c(ccc(O)c2O[C@@H]15)C[C@H]34. The van der Waals surface area contributed by atoms with E-state index in [0.29, 0.717) is 82.1 Å². The van der Waals surface area contributed by atoms with Crippen LogP contribution in [0.25, 0.3) is 0 Å². The van der Waals surface area contributed by atoms with E-state index in [-0.39, 0.29) is 54.6 Å². The van der Waals surface area contributed by atoms with E-state index in [1.165, 1.54) is 0 Å². The minimum atomic E-state index is -5.19. The summed E-state index contributed by atoms with van der Waals surface area (Å²) in [6.45, 7) is 9.62. The summed E-state index contributed by atoms with van der Waals surface area (Å²) < 4.78 is 50.1. The number of phenolic OH excluding ortho intramolecular Hbond substituents is 2. The van der Waals surface area contributed by atoms with Crippen molar-refractivity contribution in [2.75, 3.05) is 32.8 Å². The van der Waals surface area contributed by atoms with Gasteiger partial charge in [0.1, 0.15) is 24.7 Å². The standard InChI is InChI=1S/C20H25NO4.C18H19NO5.C13H4.C2HF3O2.2CH4/c1-11(2)10-21-8-7-19-16-12-3-4-13(22)17(16)25-18(19)14(23)5-6-20(19,24)15(21)9-12;20-11-2-1-10-9-13-18-4-3-12(21)16-17(18,14(10)15(11)24-16)5-6-19(13,22)7-8-23-18;1-3-5-7-9-11-13-12-10-8-6-4-2;3-2(4,5)1(6)7;;/h3-4,11,15,18,22,24H,5-10H2,1-2H3;1-2,13,16,22H,3-9H2;1H,2H3;(H,6,7);2*1H4/t15-,18+,19+,20-;13-,16+,17+,18-,19?;;;;/m11..../s1. The van der Waals surface area contributed by atoms with Gasteiger partial charge in [-0.25, -0.2) is 5.21 Å². The summed E-state index contributed by atoms with van der Waals surface area (Å²) in [5, 5.41) is 52.7. The Kier molecular flexibility index (Phi) is 15.1. The summed E-state index contributed by atoms with van der Waals surface area (Å²) in [6.07, 6.45) is 3.09. The summed E-state index contributed by atoms with van der Waals surface area (Å²) >= 11 is 0. The zero-order valence-electron chi connectivity index (χ0n) is 38.1. The number of aromatic hydroxyl groups is 2. The minimum absolute atomic E-state index is 0. The number of ketones is 2. The molecule has 1 unspecified atom stereocenters. The predicted octanol–water partition coefficient (Wildman–Crippen LogP) is 4.06. The summed E-state index contributed by atoms with van der Waals surface area (Å²) in [4.78, 5) is 36.6. The molecule has 0 aromatic heterocycles. The van der Waals surface area contributed by atoms with Gasteiger partial charge in [0.25, 0.3) is 0 Å². The number of aliphatic hydroxyl groups is 1. The van der Waals surface area contributed by atoms with Gasteiger partial charge >= 0.3 is 6.18 Å². The largest absolute Gasteiger partial charge is 0.542 e. The van der Waals surface area contributed by atoms with Gasteiger partial charge in [0.05, 0.1) is 23.0 Å². The highest BCUT2D eigenvalue weighted by Gasteiger charge is 2.80. The van der Waals surface area contributed by atoms with Gasteiger partial charge in [-0.1, -0.05) is 46.8 Å². The molecule has 5 aliphatic heterocycles. The van der Waals surface area contributed by atoms with Crippen LogP contribution in [0.4, 0.5) is 13.2 Å². The first-order valence-electron chi connectivity index (χ1n) is 22.7. The number of piperidine rings is 2. The van der Waals surface area contributed by atoms with Crippen molar-refractivity contribution in [1.82, 2.24) is 4.90 Å². The molecule has 9 atom stereocenters. The fraction of sp³-hybridized carbons (Fsp3) is 0.509. The Morgan fingerprint density at radius 1 is 0.831 bits per heavy atom. The molecular formula is C55H57F3N2O11. The second-order valence-corrected chi connectivity index (χ2v) is 19.0. The van der Waals surface area contributed by atoms with Crippen LogP contribution in [0, 0.1) is 77.5 Å². The van der Waals surface area contributed by atoms with Crippen LogP contribution in [0.2, 0.25) is 0 Å². The first-order chi connectivity index (χ1) is 32.8. The maximum Gasteiger partial charge on any atom is 0.430 e. The Morgan fingerprint density at radius 2 is 1.35 bits per heavy atom. The molecule has 2 aromatic carbocycles. The van der Waals surface area contributed by atoms with Crippen molar-refractivity contribution in [2.24, 2.45) is 5.92 Å². The van der Waals surface area contributed by atoms with Gasteiger partial charge < -0.3 is 39.4 Å². The molecular weight excluding hydrogens is 922 g/mol. The summed E-state index contributed by atoms with van der Waals surface area (Å²) in [5.74, 6) is 25.7. The Hall–Kier alpha value is -6.60. The van der Waals surface area contributed by atoms with Gasteiger partial charge in [0.2, 0.25) is 0 Å². The lowest BCUT2D eigenvalue weighted by molar-refractivity contribution is -1.13. The molecule has 6 bridgehead atoms. The number of ether oxygens (including phenoxy) is 3. The van der Waals surface area contributed by atoms with Crippen LogP contribution in [0.3, 0.4) is 0 Å². The maximum absolute atomic E-state index is 12.7. The van der Waals surface area contributed by atoms with E-state index in [4.69, 9.17) is 30.5 Å². The van der Waals surface area contributed by atoms with Gasteiger partial charge in [-0.15, -0.1) is 6.42 Å². The quantitative estimate of drug-likeness (QED) is 0.251. The van der Waals surface area contributed by atoms with Crippen molar-refractivity contribution < 1.29 is 72.0 Å². The highest BCUT2D eigenvalue weighted by molar-refractivity contribution is 5.91. The van der Waals surface area contributed by atoms with E-state index in [9.17, 15) is 43.3 Å². The molecule has 2 saturated carbocycles. The molecule has 4 N–H and O–H groups in total. The average Bonchev–Trinajstić information content (AvgIpc) is 3.86. The number of carbonyl (C=O) groups is 3. The van der Waals surface area contributed by atoms with Crippen LogP contribution in [0.1, 0.15) is 96.4 Å². The second kappa shape index (κ2) is 19.9. The third-order valence-electron chi connectivity index (χ3n) is 15.3. The summed E-state index contributed by atoms with van der Waals surface area (Å²) in [7, 11) is 0. The molecule has 16 heteroatoms. The van der Waals surface area contributed by atoms with Crippen LogP contribution in [0.15, 0.2) is 24.3 Å². The predicted molar refractivity (Wildman–Crippen MR) is 251 cm³/mol. The molecule has 4 aliphatic carbocycles. The zero-order chi connectivity index (χ0) is 49.7. The van der Waals surface area contributed by atoms with Crippen LogP contribution in [-0.4, -0.2) is 122 Å². The average molecular weight is 979 g/mol. The molecule has 0 amide bonds. The normalized spacial score (nSPS) is 31.3. The number of quaternary nitrogens is 1. The van der Waals surface area contributed by atoms with Gasteiger partial charge in [0, 0.05) is 49.4 Å². The van der Waals surface area contributed by atoms with Crippen molar-refractivity contribution in [3.63, 3.8) is 0 Å². The van der Waals surface area contributed by atoms with Crippen LogP contribution >= 0.6 is 0 Å². The molecule has 0 radical (unpaired) electrons. The Balaban J connectivity index is 0.000000168. The summed E-state index contributed by atoms with van der Waals surface area (Å²) in [6, 6.07) is 7.13. The number of hydrogen-bond donors (Lipinski definition) is 4. The van der Waals surface area contributed by atoms with Crippen molar-refractivity contribution in [2.45, 2.75) is 139 Å². The molecule has 9 aliphatic rings. The molecule has 3 spiro atoms. The van der Waals surface area contributed by atoms with E-state index in [1.54, 1.807) is 19.1 Å². The van der Waals surface area contributed by atoms with Crippen molar-refractivity contribution in [1.29, 1.82) is 0 Å². The van der Waals surface area contributed by atoms with Crippen molar-refractivity contribution in [3.8, 4) is 94.5 Å². The number of likely N-dealkylation sites (tertiary alicyclic amines) is 1. The monoisotopic (exact) mass is 978 g/mol. The second-order valence-electron chi connectivity index (χ2n) is 19.0. The third-order valence-corrected chi connectivity index (χ3v) is 15.3. The third kappa shape index (κ3) is 8.43. The van der Waals surface area contributed by atoms with E-state index >= 15 is 0 Å². The van der Waals surface area contributed by atoms with E-state index < -0.39 is 46.4 Å². The number of Topliss-reactive ketones (excluding diaryl/α,β-unsaturated/α-hetero) is 2. The number of carbonyl (C=O) groups excluding carboxylic acids is 3. The number of phenols is 2. The number of carboxylic acid groups (broad SMARTS) is 1. The lowest BCUT2D eigenvalue weighted by Crippen LogP contribution is -2.84. The lowest BCUT2D eigenvalue weighted by atomic mass is 9.48. The molecule has 5 heterocycles. The minimum Gasteiger partial charge on any atom is -0.542 e. The van der Waals surface area contributed by atoms with Crippen molar-refractivity contribution in [3.05, 3.63) is 46.5 Å². The molecule has 11 rings (SSSR count). The first kappa shape index (κ1) is 53.7. The Morgan fingerprint density at radius 3 is 1.90 bits per heavy atom. The first-order valence-corrected chi connectivity index (χ1v) is 22.7. The molecule has 13 nitrogen and oxygen atoms in total. The fourth-order valence-corrected chi connectivity index (χ4v) is 12.9. The molecule has 2 aromatic rings. The number of halogens is 3. The number of aliphatic carboxylic acids is 1. The Labute approximate surface area is 412 Å². The zero-order valence-corrected chi connectivity index (χ0v) is 38.1. The van der Waals surface area contributed by atoms with E-state index in [2.05, 4.69) is 83.9 Å². The Bertz CT molecular complexity index is 2890. The number of morpholine rings is 1. The number of benzene rings is 2. The van der Waals surface area contributed by atoms with E-state index in [1.807, 2.05) is 12.1 Å². The molecule has 374 valence electrons. The van der Waals surface area contributed by atoms with Crippen molar-refractivity contribution >= 4 is 17.5 Å². The van der Waals surface area contributed by atoms with Crippen LogP contribution < -0.4 is 14.6 Å². The highest BCUT2D eigenvalue weighted by Crippen LogP contribution is 2.68. The van der Waals surface area contributed by atoms with Gasteiger partial charge in [-0.3, -0.25) is 14.5 Å². The number of alkyl halides is 3. The van der Waals surface area contributed by atoms with Gasteiger partial charge in [-0.05, 0) is 128 Å². The fourth-order valence-electron chi connectivity index (χ4n) is 12.9. The molecule has 3 saturated heterocycles. The van der Waals surface area contributed by atoms with Crippen LogP contribution in [0.5, 0.6) is 23.0 Å². The van der Waals surface area contributed by atoms with E-state index in [0.717, 1.165) is 41.8 Å². The molecule has 5 fully saturated rings. The number of hydrogen-bond acceptors (Lipinski definition) is 12. The van der Waals surface area contributed by atoms with Gasteiger partial charge in [0.15, 0.2) is 52.8 Å². The van der Waals surface area contributed by atoms with Crippen LogP contribution in [-0.2, 0) is 42.8 Å². The number of hydroxylamine groups is 3. The number of nitrogens with zero attached hydrogens (tertiary/aromatic N) is 2. The maximum atomic E-state index is 12.7. The summed E-state index contributed by atoms with van der Waals surface area (Å²) in [5.41, 5.74) is 1.31.